The minimum atomic E-state index is -3.95. The Morgan fingerprint density at radius 3 is 2.11 bits per heavy atom. The van der Waals surface area contributed by atoms with Gasteiger partial charge in [0.15, 0.2) is 9.84 Å². The molecule has 3 rings (SSSR count). The molecule has 2 aliphatic heterocycles. The number of benzene rings is 1. The molecule has 2 fully saturated rings. The average molecular weight is 437 g/mol. The van der Waals surface area contributed by atoms with Gasteiger partial charge in [0.05, 0.1) is 33.8 Å². The smallest absolute Gasteiger partial charge is 0.244 e. The van der Waals surface area contributed by atoms with E-state index in [1.54, 1.807) is 0 Å². The Morgan fingerprint density at radius 2 is 1.67 bits per heavy atom. The van der Waals surface area contributed by atoms with E-state index >= 15 is 0 Å². The molecule has 2 atom stereocenters. The molecule has 0 saturated carbocycles. The van der Waals surface area contributed by atoms with Crippen LogP contribution in [0.2, 0.25) is 0 Å². The zero-order valence-electron chi connectivity index (χ0n) is 14.8. The molecule has 2 heterocycles. The molecule has 0 unspecified atom stereocenters. The maximum absolute atomic E-state index is 12.7. The van der Waals surface area contributed by atoms with Gasteiger partial charge in [0.1, 0.15) is 0 Å². The highest BCUT2D eigenvalue weighted by Crippen LogP contribution is 2.30. The fraction of sp³-hybridized carbons (Fsp3) is 0.533. The van der Waals surface area contributed by atoms with Crippen LogP contribution in [0.1, 0.15) is 13.3 Å². The molecule has 2 saturated heterocycles. The van der Waals surface area contributed by atoms with E-state index in [1.165, 1.54) is 38.2 Å². The quantitative estimate of drug-likeness (QED) is 0.640. The summed E-state index contributed by atoms with van der Waals surface area (Å²) in [6.07, 6.45) is 0.231. The van der Waals surface area contributed by atoms with Gasteiger partial charge in [-0.3, -0.25) is 4.79 Å². The number of rotatable bonds is 4. The van der Waals surface area contributed by atoms with Gasteiger partial charge in [0.25, 0.3) is 0 Å². The highest BCUT2D eigenvalue weighted by atomic mass is 32.2. The van der Waals surface area contributed by atoms with Crippen LogP contribution in [-0.4, -0.2) is 65.8 Å². The number of carbonyl (C=O) groups excluding carboxylic acids is 1. The SMILES string of the molecule is C[C@H]1CS(=O)(=O)N(c2ccc(S(=O)(=O)N(C)[C@H]3CCS(=O)(=O)C3)cc2)C1=O. The lowest BCUT2D eigenvalue weighted by Crippen LogP contribution is -2.37. The molecule has 27 heavy (non-hydrogen) atoms. The van der Waals surface area contributed by atoms with Crippen molar-refractivity contribution in [2.75, 3.05) is 28.6 Å². The van der Waals surface area contributed by atoms with Crippen molar-refractivity contribution in [3.05, 3.63) is 24.3 Å². The summed E-state index contributed by atoms with van der Waals surface area (Å²) in [6.45, 7) is 1.52. The first-order valence-corrected chi connectivity index (χ1v) is 13.1. The van der Waals surface area contributed by atoms with Crippen molar-refractivity contribution in [2.45, 2.75) is 24.3 Å². The molecule has 150 valence electrons. The number of anilines is 1. The van der Waals surface area contributed by atoms with E-state index in [2.05, 4.69) is 0 Å². The van der Waals surface area contributed by atoms with E-state index in [1.807, 2.05) is 0 Å². The molecule has 0 aliphatic carbocycles. The normalized spacial score (nSPS) is 27.4. The Bertz CT molecular complexity index is 1080. The third-order valence-electron chi connectivity index (χ3n) is 4.83. The summed E-state index contributed by atoms with van der Waals surface area (Å²) in [7, 11) is -9.64. The summed E-state index contributed by atoms with van der Waals surface area (Å²) in [5.41, 5.74) is 0.0781. The molecule has 0 aromatic heterocycles. The van der Waals surface area contributed by atoms with Gasteiger partial charge in [-0.25, -0.2) is 29.6 Å². The van der Waals surface area contributed by atoms with Crippen molar-refractivity contribution in [3.8, 4) is 0 Å². The van der Waals surface area contributed by atoms with Crippen LogP contribution in [0.5, 0.6) is 0 Å². The predicted molar refractivity (Wildman–Crippen MR) is 98.9 cm³/mol. The van der Waals surface area contributed by atoms with Gasteiger partial charge < -0.3 is 0 Å². The summed E-state index contributed by atoms with van der Waals surface area (Å²) in [4.78, 5) is 12.0. The van der Waals surface area contributed by atoms with E-state index in [0.717, 1.165) is 4.31 Å². The molecular weight excluding hydrogens is 416 g/mol. The van der Waals surface area contributed by atoms with Crippen LogP contribution in [-0.2, 0) is 34.7 Å². The summed E-state index contributed by atoms with van der Waals surface area (Å²) in [5.74, 6) is -1.78. The topological polar surface area (TPSA) is 126 Å². The lowest BCUT2D eigenvalue weighted by atomic mass is 10.2. The first kappa shape index (κ1) is 20.2. The van der Waals surface area contributed by atoms with Crippen LogP contribution < -0.4 is 4.31 Å². The number of nitrogens with zero attached hydrogens (tertiary/aromatic N) is 2. The zero-order valence-corrected chi connectivity index (χ0v) is 17.2. The Hall–Kier alpha value is -1.50. The fourth-order valence-corrected chi connectivity index (χ4v) is 8.34. The van der Waals surface area contributed by atoms with Gasteiger partial charge in [-0.1, -0.05) is 6.92 Å². The fourth-order valence-electron chi connectivity index (χ4n) is 3.27. The van der Waals surface area contributed by atoms with Crippen molar-refractivity contribution in [3.63, 3.8) is 0 Å². The minimum absolute atomic E-state index is 0.0520. The lowest BCUT2D eigenvalue weighted by Gasteiger charge is -2.23. The molecule has 0 radical (unpaired) electrons. The van der Waals surface area contributed by atoms with E-state index in [9.17, 15) is 30.0 Å². The third-order valence-corrected chi connectivity index (χ3v) is 10.4. The Labute approximate surface area is 159 Å². The summed E-state index contributed by atoms with van der Waals surface area (Å²) < 4.78 is 74.7. The van der Waals surface area contributed by atoms with Crippen molar-refractivity contribution in [1.29, 1.82) is 0 Å². The van der Waals surface area contributed by atoms with E-state index in [0.29, 0.717) is 4.31 Å². The number of hydrogen-bond acceptors (Lipinski definition) is 7. The van der Waals surface area contributed by atoms with Gasteiger partial charge in [-0.2, -0.15) is 4.31 Å². The third kappa shape index (κ3) is 3.62. The summed E-state index contributed by atoms with van der Waals surface area (Å²) in [6, 6.07) is 4.33. The van der Waals surface area contributed by atoms with E-state index < -0.39 is 47.8 Å². The Kier molecular flexibility index (Phi) is 4.90. The molecule has 2 aliphatic rings. The number of carbonyl (C=O) groups is 1. The van der Waals surface area contributed by atoms with Crippen molar-refractivity contribution >= 4 is 41.5 Å². The molecule has 1 amide bonds. The van der Waals surface area contributed by atoms with Crippen molar-refractivity contribution in [2.24, 2.45) is 5.92 Å². The number of hydrogen-bond donors (Lipinski definition) is 0. The monoisotopic (exact) mass is 436 g/mol. The second-order valence-corrected chi connectivity index (χ2v) is 12.9. The Balaban J connectivity index is 1.88. The second-order valence-electron chi connectivity index (χ2n) is 6.85. The standard InChI is InChI=1S/C15H20N2O7S3/c1-11-9-26(21,22)17(15(11)18)12-3-5-14(6-4-12)27(23,24)16(2)13-7-8-25(19,20)10-13/h3-6,11,13H,7-10H2,1-2H3/t11-,13-/m0/s1. The molecule has 0 bridgehead atoms. The Morgan fingerprint density at radius 1 is 1.07 bits per heavy atom. The van der Waals surface area contributed by atoms with Crippen molar-refractivity contribution < 1.29 is 30.0 Å². The predicted octanol–water partition coefficient (Wildman–Crippen LogP) is -0.193. The van der Waals surface area contributed by atoms with Gasteiger partial charge in [0, 0.05) is 13.1 Å². The van der Waals surface area contributed by atoms with Gasteiger partial charge in [0.2, 0.25) is 26.0 Å². The number of amides is 1. The van der Waals surface area contributed by atoms with Crippen LogP contribution in [0.15, 0.2) is 29.2 Å². The second kappa shape index (κ2) is 6.54. The molecule has 1 aromatic carbocycles. The van der Waals surface area contributed by atoms with Crippen LogP contribution in [0.4, 0.5) is 5.69 Å². The molecule has 0 N–H and O–H groups in total. The first-order chi connectivity index (χ1) is 12.3. The van der Waals surface area contributed by atoms with E-state index in [-0.39, 0.29) is 34.3 Å². The lowest BCUT2D eigenvalue weighted by molar-refractivity contribution is -0.119. The number of sulfone groups is 1. The van der Waals surface area contributed by atoms with Crippen LogP contribution in [0.3, 0.4) is 0 Å². The largest absolute Gasteiger partial charge is 0.273 e. The highest BCUT2D eigenvalue weighted by molar-refractivity contribution is 7.94. The maximum Gasteiger partial charge on any atom is 0.244 e. The van der Waals surface area contributed by atoms with Crippen LogP contribution >= 0.6 is 0 Å². The minimum Gasteiger partial charge on any atom is -0.273 e. The molecular formula is C15H20N2O7S3. The maximum atomic E-state index is 12.7. The molecule has 12 heteroatoms. The summed E-state index contributed by atoms with van der Waals surface area (Å²) >= 11 is 0. The molecule has 1 aromatic rings. The zero-order chi connectivity index (χ0) is 20.2. The van der Waals surface area contributed by atoms with E-state index in [4.69, 9.17) is 0 Å². The van der Waals surface area contributed by atoms with Crippen LogP contribution in [0, 0.1) is 5.92 Å². The molecule has 0 spiro atoms. The van der Waals surface area contributed by atoms with Crippen molar-refractivity contribution in [1.82, 2.24) is 4.31 Å². The average Bonchev–Trinajstić information content (AvgIpc) is 3.02. The first-order valence-electron chi connectivity index (χ1n) is 8.20. The van der Waals surface area contributed by atoms with Gasteiger partial charge >= 0.3 is 0 Å². The van der Waals surface area contributed by atoms with Gasteiger partial charge in [-0.05, 0) is 30.7 Å². The summed E-state index contributed by atoms with van der Waals surface area (Å²) in [5, 5.41) is 0. The van der Waals surface area contributed by atoms with Crippen LogP contribution in [0.25, 0.3) is 0 Å². The molecule has 9 nitrogen and oxygen atoms in total. The van der Waals surface area contributed by atoms with Gasteiger partial charge in [-0.15, -0.1) is 0 Å². The number of sulfonamides is 2. The highest BCUT2D eigenvalue weighted by Gasteiger charge is 2.42.